The van der Waals surface area contributed by atoms with Crippen molar-refractivity contribution in [2.45, 2.75) is 25.4 Å². The Hall–Kier alpha value is -2.25. The lowest BCUT2D eigenvalue weighted by Gasteiger charge is -2.39. The van der Waals surface area contributed by atoms with E-state index in [2.05, 4.69) is 0 Å². The predicted octanol–water partition coefficient (Wildman–Crippen LogP) is 3.10. The Balaban J connectivity index is 1.42. The fraction of sp³-hybridized carbons (Fsp3) is 0.600. The Morgan fingerprint density at radius 2 is 1.64 bits per heavy atom. The normalized spacial score (nSPS) is 30.0. The maximum atomic E-state index is 13.0. The van der Waals surface area contributed by atoms with Crippen LogP contribution in [0.25, 0.3) is 0 Å². The van der Waals surface area contributed by atoms with Crippen molar-refractivity contribution in [1.82, 2.24) is 4.90 Å². The number of anilines is 1. The number of aliphatic carboxylic acids is 1. The molecule has 0 aromatic heterocycles. The minimum Gasteiger partial charge on any atom is -0.481 e. The van der Waals surface area contributed by atoms with Crippen LogP contribution in [0.2, 0.25) is 0 Å². The first kappa shape index (κ1) is 19.1. The summed E-state index contributed by atoms with van der Waals surface area (Å²) in [5, 5.41) is 9.56. The minimum absolute atomic E-state index is 0.0942. The highest BCUT2D eigenvalue weighted by atomic mass is 19.4. The zero-order valence-electron chi connectivity index (χ0n) is 15.4. The topological polar surface area (TPSA) is 60.9 Å². The van der Waals surface area contributed by atoms with Gasteiger partial charge in [-0.2, -0.15) is 13.2 Å². The van der Waals surface area contributed by atoms with Gasteiger partial charge in [0.25, 0.3) is 0 Å². The first-order valence-corrected chi connectivity index (χ1v) is 9.69. The predicted molar refractivity (Wildman–Crippen MR) is 95.7 cm³/mol. The Morgan fingerprint density at radius 3 is 2.25 bits per heavy atom. The summed E-state index contributed by atoms with van der Waals surface area (Å²) in [7, 11) is 0. The van der Waals surface area contributed by atoms with Crippen molar-refractivity contribution >= 4 is 17.6 Å². The molecule has 2 aliphatic carbocycles. The van der Waals surface area contributed by atoms with Gasteiger partial charge in [-0.3, -0.25) is 9.59 Å². The number of carboxylic acid groups (broad SMARTS) is 1. The fourth-order valence-electron chi connectivity index (χ4n) is 5.28. The number of fused-ring (bicyclic) bond motifs is 2. The smallest absolute Gasteiger partial charge is 0.416 e. The van der Waals surface area contributed by atoms with Gasteiger partial charge in [-0.1, -0.05) is 6.07 Å². The first-order valence-electron chi connectivity index (χ1n) is 9.69. The summed E-state index contributed by atoms with van der Waals surface area (Å²) < 4.78 is 38.8. The summed E-state index contributed by atoms with van der Waals surface area (Å²) in [5.74, 6) is -1.76. The van der Waals surface area contributed by atoms with Crippen molar-refractivity contribution in [2.75, 3.05) is 31.1 Å². The third kappa shape index (κ3) is 3.33. The van der Waals surface area contributed by atoms with Gasteiger partial charge in [0, 0.05) is 31.9 Å². The van der Waals surface area contributed by atoms with Gasteiger partial charge in [0.2, 0.25) is 5.91 Å². The molecule has 1 amide bonds. The molecule has 1 N–H and O–H groups in total. The van der Waals surface area contributed by atoms with E-state index in [9.17, 15) is 27.9 Å². The molecule has 2 bridgehead atoms. The molecular formula is C20H23F3N2O3. The van der Waals surface area contributed by atoms with Gasteiger partial charge in [0.05, 0.1) is 17.4 Å². The molecule has 8 heteroatoms. The summed E-state index contributed by atoms with van der Waals surface area (Å²) in [4.78, 5) is 28.2. The highest BCUT2D eigenvalue weighted by Crippen LogP contribution is 2.53. The molecular weight excluding hydrogens is 373 g/mol. The van der Waals surface area contributed by atoms with Crippen molar-refractivity contribution in [1.29, 1.82) is 0 Å². The molecule has 4 atom stereocenters. The Kier molecular flexibility index (Phi) is 4.75. The van der Waals surface area contributed by atoms with Gasteiger partial charge in [-0.05, 0) is 49.3 Å². The second kappa shape index (κ2) is 6.97. The largest absolute Gasteiger partial charge is 0.481 e. The van der Waals surface area contributed by atoms with Crippen molar-refractivity contribution in [2.24, 2.45) is 23.7 Å². The van der Waals surface area contributed by atoms with Crippen LogP contribution >= 0.6 is 0 Å². The van der Waals surface area contributed by atoms with E-state index in [1.54, 1.807) is 11.0 Å². The van der Waals surface area contributed by atoms with Gasteiger partial charge < -0.3 is 14.9 Å². The average Bonchev–Trinajstić information content (AvgIpc) is 3.28. The molecule has 0 spiro atoms. The van der Waals surface area contributed by atoms with Crippen LogP contribution in [0.3, 0.4) is 0 Å². The Bertz CT molecular complexity index is 774. The van der Waals surface area contributed by atoms with Crippen LogP contribution in [0, 0.1) is 23.7 Å². The molecule has 4 unspecified atom stereocenters. The van der Waals surface area contributed by atoms with E-state index in [1.165, 1.54) is 6.07 Å². The number of carboxylic acids is 1. The molecule has 28 heavy (non-hydrogen) atoms. The highest BCUT2D eigenvalue weighted by Gasteiger charge is 2.54. The number of halogens is 3. The van der Waals surface area contributed by atoms with E-state index in [4.69, 9.17) is 0 Å². The van der Waals surface area contributed by atoms with Crippen LogP contribution in [0.4, 0.5) is 18.9 Å². The second-order valence-corrected chi connectivity index (χ2v) is 8.08. The van der Waals surface area contributed by atoms with Gasteiger partial charge in [0.1, 0.15) is 0 Å². The number of carbonyl (C=O) groups is 2. The summed E-state index contributed by atoms with van der Waals surface area (Å²) in [6, 6.07) is 5.21. The van der Waals surface area contributed by atoms with Crippen molar-refractivity contribution in [3.8, 4) is 0 Å². The number of piperazine rings is 1. The van der Waals surface area contributed by atoms with Crippen LogP contribution in [-0.2, 0) is 15.8 Å². The number of hydrogen-bond acceptors (Lipinski definition) is 3. The number of rotatable bonds is 3. The molecule has 0 radical (unpaired) electrons. The molecule has 1 saturated heterocycles. The standard InChI is InChI=1S/C20H23F3N2O3/c21-20(22,23)14-2-1-3-15(11-14)24-6-8-25(9-7-24)18(26)16-12-4-5-13(10-12)17(16)19(27)28/h1-3,11-13,16-17H,4-10H2,(H,27,28). The van der Waals surface area contributed by atoms with Gasteiger partial charge in [-0.15, -0.1) is 0 Å². The van der Waals surface area contributed by atoms with Gasteiger partial charge in [-0.25, -0.2) is 0 Å². The summed E-state index contributed by atoms with van der Waals surface area (Å²) in [6.07, 6.45) is -1.78. The quantitative estimate of drug-likeness (QED) is 0.853. The number of alkyl halides is 3. The molecule has 4 rings (SSSR count). The van der Waals surface area contributed by atoms with Gasteiger partial charge >= 0.3 is 12.1 Å². The first-order chi connectivity index (χ1) is 13.3. The second-order valence-electron chi connectivity index (χ2n) is 8.08. The van der Waals surface area contributed by atoms with E-state index in [1.807, 2.05) is 4.90 Å². The van der Waals surface area contributed by atoms with Crippen LogP contribution in [0.5, 0.6) is 0 Å². The van der Waals surface area contributed by atoms with Crippen molar-refractivity contribution < 1.29 is 27.9 Å². The average molecular weight is 396 g/mol. The van der Waals surface area contributed by atoms with E-state index in [0.29, 0.717) is 31.9 Å². The number of hydrogen-bond donors (Lipinski definition) is 1. The van der Waals surface area contributed by atoms with Gasteiger partial charge in [0.15, 0.2) is 0 Å². The van der Waals surface area contributed by atoms with E-state index in [0.717, 1.165) is 31.4 Å². The summed E-state index contributed by atoms with van der Waals surface area (Å²) in [6.45, 7) is 1.67. The van der Waals surface area contributed by atoms with E-state index < -0.39 is 29.5 Å². The van der Waals surface area contributed by atoms with Crippen molar-refractivity contribution in [3.05, 3.63) is 29.8 Å². The number of nitrogens with zero attached hydrogens (tertiary/aromatic N) is 2. The SMILES string of the molecule is O=C(O)C1C2CCC(C2)C1C(=O)N1CCN(c2cccc(C(F)(F)F)c2)CC1. The third-order valence-corrected chi connectivity index (χ3v) is 6.62. The molecule has 3 aliphatic rings. The number of amides is 1. The number of benzene rings is 1. The zero-order chi connectivity index (χ0) is 20.1. The van der Waals surface area contributed by atoms with Crippen LogP contribution in [-0.4, -0.2) is 48.1 Å². The molecule has 3 fully saturated rings. The lowest BCUT2D eigenvalue weighted by atomic mass is 9.78. The molecule has 152 valence electrons. The summed E-state index contributed by atoms with van der Waals surface area (Å²) in [5.41, 5.74) is -0.194. The zero-order valence-corrected chi connectivity index (χ0v) is 15.4. The highest BCUT2D eigenvalue weighted by molar-refractivity contribution is 5.86. The van der Waals surface area contributed by atoms with Crippen LogP contribution in [0.1, 0.15) is 24.8 Å². The monoisotopic (exact) mass is 396 g/mol. The molecule has 1 aromatic rings. The molecule has 5 nitrogen and oxygen atoms in total. The maximum Gasteiger partial charge on any atom is 0.416 e. The molecule has 1 aromatic carbocycles. The third-order valence-electron chi connectivity index (χ3n) is 6.62. The lowest BCUT2D eigenvalue weighted by Crippen LogP contribution is -2.52. The van der Waals surface area contributed by atoms with Crippen LogP contribution in [0.15, 0.2) is 24.3 Å². The van der Waals surface area contributed by atoms with Crippen molar-refractivity contribution in [3.63, 3.8) is 0 Å². The summed E-state index contributed by atoms with van der Waals surface area (Å²) >= 11 is 0. The van der Waals surface area contributed by atoms with Crippen LogP contribution < -0.4 is 4.90 Å². The van der Waals surface area contributed by atoms with E-state index >= 15 is 0 Å². The fourth-order valence-corrected chi connectivity index (χ4v) is 5.28. The maximum absolute atomic E-state index is 13.0. The molecule has 1 heterocycles. The molecule has 2 saturated carbocycles. The minimum atomic E-state index is -4.39. The molecule has 1 aliphatic heterocycles. The Morgan fingerprint density at radius 1 is 1.00 bits per heavy atom. The number of carbonyl (C=O) groups excluding carboxylic acids is 1. The van der Waals surface area contributed by atoms with E-state index in [-0.39, 0.29) is 17.7 Å². The Labute approximate surface area is 161 Å². The lowest BCUT2D eigenvalue weighted by molar-refractivity contribution is -0.153.